The third-order valence-corrected chi connectivity index (χ3v) is 12.4. The first kappa shape index (κ1) is 24.5. The smallest absolute Gasteiger partial charge is 0.311 e. The zero-order valence-electron chi connectivity index (χ0n) is 22.5. The molecule has 0 bridgehead atoms. The highest BCUT2D eigenvalue weighted by Crippen LogP contribution is 2.71. The molecule has 0 aromatic heterocycles. The maximum Gasteiger partial charge on any atom is 0.311 e. The molecule has 4 saturated carbocycles. The van der Waals surface area contributed by atoms with E-state index >= 15 is 0 Å². The average molecular weight is 471 g/mol. The van der Waals surface area contributed by atoms with E-state index < -0.39 is 5.41 Å². The molecule has 8 unspecified atom stereocenters. The largest absolute Gasteiger partial charge is 0.469 e. The highest BCUT2D eigenvalue weighted by Gasteiger charge is 2.67. The Balaban J connectivity index is 1.56. The van der Waals surface area contributed by atoms with Crippen LogP contribution < -0.4 is 0 Å². The van der Waals surface area contributed by atoms with Crippen LogP contribution in [0.1, 0.15) is 99.3 Å². The molecule has 190 valence electrons. The van der Waals surface area contributed by atoms with E-state index in [-0.39, 0.29) is 45.6 Å². The first-order valence-electron chi connectivity index (χ1n) is 13.7. The van der Waals surface area contributed by atoms with Gasteiger partial charge in [-0.2, -0.15) is 0 Å². The van der Waals surface area contributed by atoms with Gasteiger partial charge in [0.2, 0.25) is 0 Å². The summed E-state index contributed by atoms with van der Waals surface area (Å²) in [7, 11) is 1.50. The number of allylic oxidation sites excluding steroid dienone is 2. The molecule has 0 aromatic carbocycles. The zero-order valence-corrected chi connectivity index (χ0v) is 22.5. The minimum Gasteiger partial charge on any atom is -0.469 e. The Hall–Kier alpha value is -1.16. The Morgan fingerprint density at radius 3 is 2.26 bits per heavy atom. The van der Waals surface area contributed by atoms with Gasteiger partial charge in [0.25, 0.3) is 0 Å². The van der Waals surface area contributed by atoms with E-state index in [1.807, 2.05) is 0 Å². The molecule has 0 saturated heterocycles. The molecular weight excluding hydrogens is 424 g/mol. The van der Waals surface area contributed by atoms with Crippen LogP contribution in [0.4, 0.5) is 0 Å². The van der Waals surface area contributed by atoms with Gasteiger partial charge in [-0.1, -0.05) is 40.2 Å². The van der Waals surface area contributed by atoms with Crippen molar-refractivity contribution in [3.63, 3.8) is 0 Å². The van der Waals surface area contributed by atoms with Gasteiger partial charge in [-0.25, -0.2) is 0 Å². The van der Waals surface area contributed by atoms with Crippen LogP contribution in [0.2, 0.25) is 0 Å². The van der Waals surface area contributed by atoms with Crippen molar-refractivity contribution < 1.29 is 19.4 Å². The third kappa shape index (κ3) is 3.05. The lowest BCUT2D eigenvalue weighted by atomic mass is 9.37. The fraction of sp³-hybridized carbons (Fsp3) is 0.867. The molecule has 0 radical (unpaired) electrons. The number of ketones is 1. The highest BCUT2D eigenvalue weighted by atomic mass is 16.5. The van der Waals surface area contributed by atoms with Gasteiger partial charge in [-0.15, -0.1) is 0 Å². The summed E-state index contributed by atoms with van der Waals surface area (Å²) in [5, 5.41) is 10.8. The predicted molar refractivity (Wildman–Crippen MR) is 133 cm³/mol. The molecule has 5 aliphatic carbocycles. The van der Waals surface area contributed by atoms with Gasteiger partial charge in [-0.05, 0) is 110 Å². The van der Waals surface area contributed by atoms with Crippen molar-refractivity contribution in [3.05, 3.63) is 11.6 Å². The summed E-state index contributed by atoms with van der Waals surface area (Å²) in [6.07, 6.45) is 10.7. The normalized spacial score (nSPS) is 51.8. The number of fused-ring (bicyclic) bond motifs is 7. The lowest BCUT2D eigenvalue weighted by Gasteiger charge is -2.67. The van der Waals surface area contributed by atoms with Crippen LogP contribution in [0, 0.1) is 50.7 Å². The predicted octanol–water partition coefficient (Wildman–Crippen LogP) is 6.11. The minimum atomic E-state index is -0.463. The number of rotatable bonds is 1. The molecule has 0 spiro atoms. The number of esters is 1. The van der Waals surface area contributed by atoms with Gasteiger partial charge < -0.3 is 9.84 Å². The van der Waals surface area contributed by atoms with Crippen LogP contribution in [0.5, 0.6) is 0 Å². The van der Waals surface area contributed by atoms with E-state index in [4.69, 9.17) is 4.74 Å². The molecule has 5 rings (SSSR count). The molecular formula is C30H46O4. The van der Waals surface area contributed by atoms with Crippen molar-refractivity contribution in [1.82, 2.24) is 0 Å². The number of hydrogen-bond donors (Lipinski definition) is 1. The molecule has 9 atom stereocenters. The Bertz CT molecular complexity index is 934. The number of ether oxygens (including phenoxy) is 1. The number of aliphatic hydroxyl groups is 1. The number of carbonyl (C=O) groups excluding carboxylic acids is 2. The van der Waals surface area contributed by atoms with Crippen molar-refractivity contribution in [2.75, 3.05) is 7.11 Å². The molecule has 5 aliphatic rings. The SMILES string of the molecule is COC(=O)[C@@]1(C)CCC2(C)CCC3C(=CC(=O)C4C3(C)CCC3C(C)(C)C(O)CCC34C)C2C1. The van der Waals surface area contributed by atoms with E-state index in [1.165, 1.54) is 19.1 Å². The summed E-state index contributed by atoms with van der Waals surface area (Å²) in [6.45, 7) is 13.7. The quantitative estimate of drug-likeness (QED) is 0.470. The molecule has 0 heterocycles. The van der Waals surface area contributed by atoms with Crippen LogP contribution in [0.15, 0.2) is 11.6 Å². The van der Waals surface area contributed by atoms with Crippen LogP contribution in [-0.4, -0.2) is 30.1 Å². The molecule has 4 fully saturated rings. The van der Waals surface area contributed by atoms with E-state index in [9.17, 15) is 14.7 Å². The Morgan fingerprint density at radius 1 is 0.912 bits per heavy atom. The average Bonchev–Trinajstić information content (AvgIpc) is 2.76. The second-order valence-electron chi connectivity index (χ2n) is 14.5. The second-order valence-corrected chi connectivity index (χ2v) is 14.5. The highest BCUT2D eigenvalue weighted by molar-refractivity contribution is 5.95. The standard InChI is InChI=1S/C30H46O4/c1-26(2)22-9-12-29(5)19-8-11-27(3)14-15-28(4,25(33)34-7)17-20(27)18(19)16-21(31)24(29)30(22,6)13-10-23(26)32/h16,19-20,22-24,32H,8-15,17H2,1-7H3/t19?,20?,22?,23?,24?,27?,28-,29?,30?/m0/s1. The van der Waals surface area contributed by atoms with Gasteiger partial charge in [0.15, 0.2) is 5.78 Å². The number of methoxy groups -OCH3 is 1. The van der Waals surface area contributed by atoms with Crippen molar-refractivity contribution in [3.8, 4) is 0 Å². The summed E-state index contributed by atoms with van der Waals surface area (Å²) in [4.78, 5) is 26.9. The lowest BCUT2D eigenvalue weighted by molar-refractivity contribution is -0.189. The van der Waals surface area contributed by atoms with Gasteiger partial charge in [0.05, 0.1) is 18.6 Å². The summed E-state index contributed by atoms with van der Waals surface area (Å²) in [6, 6.07) is 0. The van der Waals surface area contributed by atoms with Gasteiger partial charge in [0, 0.05) is 5.92 Å². The van der Waals surface area contributed by atoms with E-state index in [2.05, 4.69) is 47.6 Å². The molecule has 4 heteroatoms. The lowest BCUT2D eigenvalue weighted by Crippen LogP contribution is -2.64. The third-order valence-electron chi connectivity index (χ3n) is 12.4. The number of carbonyl (C=O) groups is 2. The van der Waals surface area contributed by atoms with Crippen molar-refractivity contribution >= 4 is 11.8 Å². The summed E-state index contributed by atoms with van der Waals surface area (Å²) in [5.74, 6) is 1.32. The van der Waals surface area contributed by atoms with Crippen LogP contribution in [0.3, 0.4) is 0 Å². The molecule has 0 aromatic rings. The molecule has 0 aliphatic heterocycles. The second kappa shape index (κ2) is 7.43. The zero-order chi connectivity index (χ0) is 24.9. The van der Waals surface area contributed by atoms with Gasteiger partial charge >= 0.3 is 5.97 Å². The molecule has 0 amide bonds. The molecule has 34 heavy (non-hydrogen) atoms. The summed E-state index contributed by atoms with van der Waals surface area (Å²) >= 11 is 0. The maximum absolute atomic E-state index is 14.1. The summed E-state index contributed by atoms with van der Waals surface area (Å²) < 4.78 is 5.22. The molecule has 4 nitrogen and oxygen atoms in total. The van der Waals surface area contributed by atoms with E-state index in [0.717, 1.165) is 51.4 Å². The van der Waals surface area contributed by atoms with Crippen molar-refractivity contribution in [2.45, 2.75) is 105 Å². The first-order valence-corrected chi connectivity index (χ1v) is 13.7. The summed E-state index contributed by atoms with van der Waals surface area (Å²) in [5.41, 5.74) is 0.792. The van der Waals surface area contributed by atoms with Crippen molar-refractivity contribution in [1.29, 1.82) is 0 Å². The first-order chi connectivity index (χ1) is 15.7. The Kier molecular flexibility index (Phi) is 5.36. The molecule has 1 N–H and O–H groups in total. The Labute approximate surface area is 206 Å². The topological polar surface area (TPSA) is 63.6 Å². The minimum absolute atomic E-state index is 0.0270. The Morgan fingerprint density at radius 2 is 1.59 bits per heavy atom. The monoisotopic (exact) mass is 470 g/mol. The van der Waals surface area contributed by atoms with Gasteiger partial charge in [0.1, 0.15) is 0 Å². The van der Waals surface area contributed by atoms with E-state index in [1.54, 1.807) is 0 Å². The fourth-order valence-corrected chi connectivity index (χ4v) is 10.3. The number of hydrogen-bond acceptors (Lipinski definition) is 4. The van der Waals surface area contributed by atoms with Crippen LogP contribution in [0.25, 0.3) is 0 Å². The fourth-order valence-electron chi connectivity index (χ4n) is 10.3. The van der Waals surface area contributed by atoms with Gasteiger partial charge in [-0.3, -0.25) is 9.59 Å². The number of aliphatic hydroxyl groups excluding tert-OH is 1. The van der Waals surface area contributed by atoms with Crippen molar-refractivity contribution in [2.24, 2.45) is 50.7 Å². The van der Waals surface area contributed by atoms with Crippen LogP contribution in [-0.2, 0) is 14.3 Å². The maximum atomic E-state index is 14.1. The van der Waals surface area contributed by atoms with E-state index in [0.29, 0.717) is 17.6 Å². The van der Waals surface area contributed by atoms with Crippen LogP contribution >= 0.6 is 0 Å².